The maximum Gasteiger partial charge on any atom is 0.126 e. The first-order chi connectivity index (χ1) is 6.81. The Labute approximate surface area is 83.5 Å². The number of ether oxygens (including phenoxy) is 1. The van der Waals surface area contributed by atoms with Gasteiger partial charge in [-0.3, -0.25) is 0 Å². The average Bonchev–Trinajstić information content (AvgIpc) is 2.27. The predicted octanol–water partition coefficient (Wildman–Crippen LogP) is 0.700. The molecule has 0 saturated heterocycles. The van der Waals surface area contributed by atoms with Crippen LogP contribution in [0.5, 0.6) is 5.75 Å². The van der Waals surface area contributed by atoms with Crippen LogP contribution in [0, 0.1) is 0 Å². The minimum atomic E-state index is -0.552. The van der Waals surface area contributed by atoms with Gasteiger partial charge in [0, 0.05) is 6.54 Å². The van der Waals surface area contributed by atoms with E-state index in [0.717, 1.165) is 18.6 Å². The minimum absolute atomic E-state index is 0.144. The normalized spacial score (nSPS) is 22.3. The van der Waals surface area contributed by atoms with Crippen LogP contribution in [0.3, 0.4) is 0 Å². The third-order valence-corrected chi connectivity index (χ3v) is 2.62. The van der Waals surface area contributed by atoms with Crippen molar-refractivity contribution in [1.29, 1.82) is 0 Å². The van der Waals surface area contributed by atoms with Gasteiger partial charge in [0.15, 0.2) is 0 Å². The van der Waals surface area contributed by atoms with Crippen LogP contribution in [0.1, 0.15) is 12.0 Å². The summed E-state index contributed by atoms with van der Waals surface area (Å²) in [6.07, 6.45) is 1.10. The van der Waals surface area contributed by atoms with Crippen LogP contribution in [0.25, 0.3) is 0 Å². The number of rotatable bonds is 2. The molecule has 14 heavy (non-hydrogen) atoms. The van der Waals surface area contributed by atoms with E-state index in [9.17, 15) is 5.11 Å². The molecule has 3 nitrogen and oxygen atoms in total. The molecule has 0 saturated carbocycles. The van der Waals surface area contributed by atoms with Crippen molar-refractivity contribution in [1.82, 2.24) is 0 Å². The lowest BCUT2D eigenvalue weighted by atomic mass is 9.99. The van der Waals surface area contributed by atoms with Crippen molar-refractivity contribution in [2.45, 2.75) is 25.0 Å². The molecule has 1 aromatic rings. The summed E-state index contributed by atoms with van der Waals surface area (Å²) in [5.41, 5.74) is 6.61. The quantitative estimate of drug-likeness (QED) is 0.727. The van der Waals surface area contributed by atoms with E-state index in [0.29, 0.717) is 0 Å². The summed E-state index contributed by atoms with van der Waals surface area (Å²) in [5.74, 6) is 0.885. The molecule has 0 fully saturated rings. The fourth-order valence-corrected chi connectivity index (χ4v) is 1.77. The molecule has 2 atom stereocenters. The van der Waals surface area contributed by atoms with Crippen molar-refractivity contribution in [3.63, 3.8) is 0 Å². The zero-order valence-electron chi connectivity index (χ0n) is 8.02. The molecule has 3 N–H and O–H groups in total. The number of hydrogen-bond acceptors (Lipinski definition) is 3. The highest BCUT2D eigenvalue weighted by Crippen LogP contribution is 2.27. The number of fused-ring (bicyclic) bond motifs is 1. The van der Waals surface area contributed by atoms with Gasteiger partial charge in [0.05, 0.1) is 0 Å². The number of hydrogen-bond donors (Lipinski definition) is 2. The molecule has 0 aromatic heterocycles. The molecule has 1 aliphatic heterocycles. The Morgan fingerprint density at radius 2 is 2.29 bits per heavy atom. The van der Waals surface area contributed by atoms with Gasteiger partial charge in [-0.2, -0.15) is 0 Å². The highest BCUT2D eigenvalue weighted by atomic mass is 16.5. The maximum absolute atomic E-state index is 9.56. The predicted molar refractivity (Wildman–Crippen MR) is 54.2 cm³/mol. The van der Waals surface area contributed by atoms with Gasteiger partial charge >= 0.3 is 0 Å². The largest absolute Gasteiger partial charge is 0.487 e. The van der Waals surface area contributed by atoms with Crippen LogP contribution < -0.4 is 10.5 Å². The summed E-state index contributed by atoms with van der Waals surface area (Å²) in [5, 5.41) is 9.56. The van der Waals surface area contributed by atoms with Gasteiger partial charge in [-0.05, 0) is 24.5 Å². The van der Waals surface area contributed by atoms with E-state index in [2.05, 4.69) is 6.07 Å². The Hall–Kier alpha value is -1.06. The second-order valence-corrected chi connectivity index (χ2v) is 3.61. The molecule has 0 spiro atoms. The highest BCUT2D eigenvalue weighted by Gasteiger charge is 2.24. The van der Waals surface area contributed by atoms with Gasteiger partial charge in [-0.25, -0.2) is 0 Å². The number of aryl methyl sites for hydroxylation is 1. The summed E-state index contributed by atoms with van der Waals surface area (Å²) in [7, 11) is 0. The van der Waals surface area contributed by atoms with Crippen molar-refractivity contribution in [2.24, 2.45) is 5.73 Å². The molecule has 0 bridgehead atoms. The molecular formula is C11H15NO2. The van der Waals surface area contributed by atoms with Crippen LogP contribution in [0.4, 0.5) is 0 Å². The van der Waals surface area contributed by atoms with Crippen LogP contribution >= 0.6 is 0 Å². The standard InChI is InChI=1S/C11H15NO2/c12-7-9(13)11-6-5-8-3-1-2-4-10(8)14-11/h1-4,9,11,13H,5-7,12H2. The average molecular weight is 193 g/mol. The third kappa shape index (κ3) is 1.74. The van der Waals surface area contributed by atoms with Crippen molar-refractivity contribution in [3.8, 4) is 5.75 Å². The summed E-state index contributed by atoms with van der Waals surface area (Å²) in [6, 6.07) is 7.93. The lowest BCUT2D eigenvalue weighted by Crippen LogP contribution is -2.39. The van der Waals surface area contributed by atoms with E-state index >= 15 is 0 Å². The molecule has 0 radical (unpaired) electrons. The zero-order valence-corrected chi connectivity index (χ0v) is 8.02. The van der Waals surface area contributed by atoms with Gasteiger partial charge in [0.2, 0.25) is 0 Å². The van der Waals surface area contributed by atoms with Crippen LogP contribution in [-0.4, -0.2) is 23.9 Å². The van der Waals surface area contributed by atoms with E-state index in [-0.39, 0.29) is 12.6 Å². The van der Waals surface area contributed by atoms with Crippen LogP contribution in [0.2, 0.25) is 0 Å². The first kappa shape index (κ1) is 9.49. The molecule has 1 aliphatic rings. The summed E-state index contributed by atoms with van der Waals surface area (Å²) in [6.45, 7) is 0.257. The first-order valence-corrected chi connectivity index (χ1v) is 4.94. The summed E-state index contributed by atoms with van der Waals surface area (Å²) in [4.78, 5) is 0. The number of aliphatic hydroxyl groups is 1. The lowest BCUT2D eigenvalue weighted by Gasteiger charge is -2.28. The Morgan fingerprint density at radius 3 is 3.07 bits per heavy atom. The highest BCUT2D eigenvalue weighted by molar-refractivity contribution is 5.35. The second-order valence-electron chi connectivity index (χ2n) is 3.61. The molecule has 0 aliphatic carbocycles. The molecule has 1 aromatic carbocycles. The fraction of sp³-hybridized carbons (Fsp3) is 0.455. The summed E-state index contributed by atoms with van der Waals surface area (Å²) >= 11 is 0. The second kappa shape index (κ2) is 3.98. The summed E-state index contributed by atoms with van der Waals surface area (Å²) < 4.78 is 5.65. The molecule has 1 heterocycles. The molecule has 0 amide bonds. The van der Waals surface area contributed by atoms with Crippen molar-refractivity contribution >= 4 is 0 Å². The number of benzene rings is 1. The number of para-hydroxylation sites is 1. The van der Waals surface area contributed by atoms with E-state index in [1.165, 1.54) is 5.56 Å². The Bertz CT molecular complexity index is 314. The fourth-order valence-electron chi connectivity index (χ4n) is 1.77. The topological polar surface area (TPSA) is 55.5 Å². The Kier molecular flexibility index (Phi) is 2.70. The van der Waals surface area contributed by atoms with Gasteiger partial charge in [0.25, 0.3) is 0 Å². The van der Waals surface area contributed by atoms with Crippen LogP contribution in [0.15, 0.2) is 24.3 Å². The minimum Gasteiger partial charge on any atom is -0.487 e. The smallest absolute Gasteiger partial charge is 0.126 e. The van der Waals surface area contributed by atoms with Gasteiger partial charge in [-0.1, -0.05) is 18.2 Å². The molecule has 3 heteroatoms. The molecule has 76 valence electrons. The zero-order chi connectivity index (χ0) is 9.97. The van der Waals surface area contributed by atoms with Crippen molar-refractivity contribution in [2.75, 3.05) is 6.54 Å². The van der Waals surface area contributed by atoms with E-state index in [1.807, 2.05) is 18.2 Å². The maximum atomic E-state index is 9.56. The number of nitrogens with two attached hydrogens (primary N) is 1. The van der Waals surface area contributed by atoms with E-state index in [1.54, 1.807) is 0 Å². The van der Waals surface area contributed by atoms with Gasteiger partial charge in [-0.15, -0.1) is 0 Å². The number of aliphatic hydroxyl groups excluding tert-OH is 1. The van der Waals surface area contributed by atoms with Gasteiger partial charge in [0.1, 0.15) is 18.0 Å². The monoisotopic (exact) mass is 193 g/mol. The third-order valence-electron chi connectivity index (χ3n) is 2.62. The van der Waals surface area contributed by atoms with Gasteiger partial charge < -0.3 is 15.6 Å². The molecular weight excluding hydrogens is 178 g/mol. The Balaban J connectivity index is 2.13. The Morgan fingerprint density at radius 1 is 1.50 bits per heavy atom. The lowest BCUT2D eigenvalue weighted by molar-refractivity contribution is 0.0297. The molecule has 2 rings (SSSR count). The van der Waals surface area contributed by atoms with Crippen molar-refractivity contribution < 1.29 is 9.84 Å². The molecule has 2 unspecified atom stereocenters. The van der Waals surface area contributed by atoms with E-state index in [4.69, 9.17) is 10.5 Å². The first-order valence-electron chi connectivity index (χ1n) is 4.94. The van der Waals surface area contributed by atoms with E-state index < -0.39 is 6.10 Å². The SMILES string of the molecule is NCC(O)C1CCc2ccccc2O1. The van der Waals surface area contributed by atoms with Crippen molar-refractivity contribution in [3.05, 3.63) is 29.8 Å². The van der Waals surface area contributed by atoms with Crippen LogP contribution in [-0.2, 0) is 6.42 Å².